The van der Waals surface area contributed by atoms with Crippen LogP contribution in [0.2, 0.25) is 0 Å². The third kappa shape index (κ3) is 2.58. The van der Waals surface area contributed by atoms with Gasteiger partial charge in [0.2, 0.25) is 5.95 Å². The SMILES string of the molecule is C=CCn1c(N2CCNCC2)nc2sc3c(c2c1=O)CCC(C)C3. The Bertz CT molecular complexity index is 832. The fraction of sp³-hybridized carbons (Fsp3) is 0.556. The molecule has 128 valence electrons. The Morgan fingerprint density at radius 2 is 2.21 bits per heavy atom. The molecule has 1 atom stereocenters. The molecular weight excluding hydrogens is 320 g/mol. The van der Waals surface area contributed by atoms with Gasteiger partial charge in [-0.15, -0.1) is 17.9 Å². The molecule has 0 radical (unpaired) electrons. The van der Waals surface area contributed by atoms with E-state index in [4.69, 9.17) is 4.98 Å². The van der Waals surface area contributed by atoms with Crippen LogP contribution in [-0.4, -0.2) is 35.7 Å². The van der Waals surface area contributed by atoms with E-state index in [1.165, 1.54) is 16.9 Å². The lowest BCUT2D eigenvalue weighted by Crippen LogP contribution is -2.46. The Morgan fingerprint density at radius 1 is 1.42 bits per heavy atom. The van der Waals surface area contributed by atoms with E-state index in [1.54, 1.807) is 17.4 Å². The van der Waals surface area contributed by atoms with Gasteiger partial charge in [-0.3, -0.25) is 9.36 Å². The van der Waals surface area contributed by atoms with Crippen molar-refractivity contribution in [2.75, 3.05) is 31.1 Å². The summed E-state index contributed by atoms with van der Waals surface area (Å²) in [4.78, 5) is 22.7. The van der Waals surface area contributed by atoms with Crippen molar-refractivity contribution in [1.29, 1.82) is 0 Å². The van der Waals surface area contributed by atoms with E-state index in [0.29, 0.717) is 12.5 Å². The van der Waals surface area contributed by atoms with E-state index >= 15 is 0 Å². The molecule has 6 heteroatoms. The fourth-order valence-electron chi connectivity index (χ4n) is 3.81. The first kappa shape index (κ1) is 15.8. The van der Waals surface area contributed by atoms with E-state index < -0.39 is 0 Å². The maximum absolute atomic E-state index is 13.2. The van der Waals surface area contributed by atoms with Gasteiger partial charge in [0.05, 0.1) is 5.39 Å². The van der Waals surface area contributed by atoms with Gasteiger partial charge in [0, 0.05) is 37.6 Å². The van der Waals surface area contributed by atoms with E-state index in [-0.39, 0.29) is 5.56 Å². The van der Waals surface area contributed by atoms with Gasteiger partial charge < -0.3 is 10.2 Å². The van der Waals surface area contributed by atoms with E-state index in [0.717, 1.165) is 55.2 Å². The lowest BCUT2D eigenvalue weighted by atomic mass is 9.89. The number of hydrogen-bond acceptors (Lipinski definition) is 5. The number of nitrogens with zero attached hydrogens (tertiary/aromatic N) is 3. The third-order valence-electron chi connectivity index (χ3n) is 5.11. The standard InChI is InChI=1S/C18H24N4OS/c1-3-8-22-17(23)15-13-5-4-12(2)11-14(13)24-16(15)20-18(22)21-9-6-19-7-10-21/h3,12,19H,1,4-11H2,2H3. The van der Waals surface area contributed by atoms with Gasteiger partial charge in [-0.1, -0.05) is 13.0 Å². The lowest BCUT2D eigenvalue weighted by Gasteiger charge is -2.30. The molecule has 0 saturated carbocycles. The minimum Gasteiger partial charge on any atom is -0.340 e. The van der Waals surface area contributed by atoms with E-state index in [1.807, 2.05) is 4.57 Å². The summed E-state index contributed by atoms with van der Waals surface area (Å²) in [6.07, 6.45) is 5.05. The number of aryl methyl sites for hydroxylation is 1. The van der Waals surface area contributed by atoms with Crippen LogP contribution >= 0.6 is 11.3 Å². The Morgan fingerprint density at radius 3 is 2.96 bits per heavy atom. The molecule has 0 bridgehead atoms. The number of anilines is 1. The van der Waals surface area contributed by atoms with Gasteiger partial charge in [-0.2, -0.15) is 0 Å². The maximum atomic E-state index is 13.2. The third-order valence-corrected chi connectivity index (χ3v) is 6.25. The van der Waals surface area contributed by atoms with Crippen molar-refractivity contribution in [1.82, 2.24) is 14.9 Å². The molecule has 1 fully saturated rings. The van der Waals surface area contributed by atoms with Crippen molar-refractivity contribution in [3.05, 3.63) is 33.4 Å². The largest absolute Gasteiger partial charge is 0.340 e. The van der Waals surface area contributed by atoms with Crippen LogP contribution in [0.1, 0.15) is 23.8 Å². The Labute approximate surface area is 146 Å². The molecule has 1 aliphatic heterocycles. The summed E-state index contributed by atoms with van der Waals surface area (Å²) in [5, 5.41) is 4.22. The first-order chi connectivity index (χ1) is 11.7. The Balaban J connectivity index is 1.91. The number of piperazine rings is 1. The molecule has 5 nitrogen and oxygen atoms in total. The van der Waals surface area contributed by atoms with E-state index in [2.05, 4.69) is 23.7 Å². The van der Waals surface area contributed by atoms with Gasteiger partial charge in [-0.25, -0.2) is 4.98 Å². The van der Waals surface area contributed by atoms with Gasteiger partial charge >= 0.3 is 0 Å². The smallest absolute Gasteiger partial charge is 0.264 e. The fourth-order valence-corrected chi connectivity index (χ4v) is 5.18. The quantitative estimate of drug-likeness (QED) is 0.867. The average molecular weight is 344 g/mol. The molecule has 0 amide bonds. The molecule has 2 aliphatic rings. The molecule has 2 aromatic heterocycles. The first-order valence-corrected chi connectivity index (χ1v) is 9.62. The lowest BCUT2D eigenvalue weighted by molar-refractivity contribution is 0.509. The zero-order valence-electron chi connectivity index (χ0n) is 14.2. The highest BCUT2D eigenvalue weighted by molar-refractivity contribution is 7.18. The number of hydrogen-bond donors (Lipinski definition) is 1. The van der Waals surface area contributed by atoms with Crippen LogP contribution in [0, 0.1) is 5.92 Å². The normalized spacial score (nSPS) is 21.0. The second-order valence-corrected chi connectivity index (χ2v) is 7.97. The van der Waals surface area contributed by atoms with E-state index in [9.17, 15) is 4.79 Å². The first-order valence-electron chi connectivity index (χ1n) is 8.80. The number of thiophene rings is 1. The van der Waals surface area contributed by atoms with Crippen molar-refractivity contribution in [2.45, 2.75) is 32.7 Å². The molecule has 0 spiro atoms. The number of aromatic nitrogens is 2. The van der Waals surface area contributed by atoms with Crippen LogP contribution in [-0.2, 0) is 19.4 Å². The minimum atomic E-state index is 0.112. The number of rotatable bonds is 3. The second-order valence-electron chi connectivity index (χ2n) is 6.89. The molecule has 0 aromatic carbocycles. The predicted molar refractivity (Wildman–Crippen MR) is 100 cm³/mol. The van der Waals surface area contributed by atoms with Crippen LogP contribution in [0.4, 0.5) is 5.95 Å². The molecule has 2 aromatic rings. The maximum Gasteiger partial charge on any atom is 0.264 e. The number of nitrogens with one attached hydrogen (secondary N) is 1. The molecular formula is C18H24N4OS. The highest BCUT2D eigenvalue weighted by Crippen LogP contribution is 2.36. The predicted octanol–water partition coefficient (Wildman–Crippen LogP) is 2.18. The van der Waals surface area contributed by atoms with Crippen LogP contribution in [0.3, 0.4) is 0 Å². The molecule has 24 heavy (non-hydrogen) atoms. The summed E-state index contributed by atoms with van der Waals surface area (Å²) in [7, 11) is 0. The number of allylic oxidation sites excluding steroid dienone is 1. The Kier molecular flexibility index (Phi) is 4.18. The minimum absolute atomic E-state index is 0.112. The van der Waals surface area contributed by atoms with Crippen LogP contribution < -0.4 is 15.8 Å². The van der Waals surface area contributed by atoms with Crippen LogP contribution in [0.25, 0.3) is 10.2 Å². The molecule has 3 heterocycles. The Hall–Kier alpha value is -1.66. The van der Waals surface area contributed by atoms with Crippen molar-refractivity contribution >= 4 is 27.5 Å². The highest BCUT2D eigenvalue weighted by Gasteiger charge is 2.26. The van der Waals surface area contributed by atoms with Gasteiger partial charge in [-0.05, 0) is 30.7 Å². The summed E-state index contributed by atoms with van der Waals surface area (Å²) in [6, 6.07) is 0. The second kappa shape index (κ2) is 6.33. The molecule has 4 rings (SSSR count). The van der Waals surface area contributed by atoms with Crippen molar-refractivity contribution in [3.63, 3.8) is 0 Å². The van der Waals surface area contributed by atoms with Gasteiger partial charge in [0.1, 0.15) is 4.83 Å². The molecule has 1 aliphatic carbocycles. The topological polar surface area (TPSA) is 50.2 Å². The van der Waals surface area contributed by atoms with Crippen molar-refractivity contribution in [3.8, 4) is 0 Å². The molecule has 1 saturated heterocycles. The average Bonchev–Trinajstić information content (AvgIpc) is 2.95. The van der Waals surface area contributed by atoms with Crippen molar-refractivity contribution < 1.29 is 0 Å². The summed E-state index contributed by atoms with van der Waals surface area (Å²) in [5.41, 5.74) is 1.37. The molecule has 1 N–H and O–H groups in total. The molecule has 1 unspecified atom stereocenters. The van der Waals surface area contributed by atoms with Gasteiger partial charge in [0.15, 0.2) is 0 Å². The summed E-state index contributed by atoms with van der Waals surface area (Å²) < 4.78 is 1.81. The highest BCUT2D eigenvalue weighted by atomic mass is 32.1. The monoisotopic (exact) mass is 344 g/mol. The van der Waals surface area contributed by atoms with Crippen LogP contribution in [0.5, 0.6) is 0 Å². The van der Waals surface area contributed by atoms with Gasteiger partial charge in [0.25, 0.3) is 5.56 Å². The summed E-state index contributed by atoms with van der Waals surface area (Å²) in [6.45, 7) is 10.3. The van der Waals surface area contributed by atoms with Crippen LogP contribution in [0.15, 0.2) is 17.4 Å². The number of fused-ring (bicyclic) bond motifs is 3. The van der Waals surface area contributed by atoms with Crippen molar-refractivity contribution in [2.24, 2.45) is 5.92 Å². The summed E-state index contributed by atoms with van der Waals surface area (Å²) in [5.74, 6) is 1.51. The zero-order valence-corrected chi connectivity index (χ0v) is 15.0. The zero-order chi connectivity index (χ0) is 16.7. The summed E-state index contributed by atoms with van der Waals surface area (Å²) >= 11 is 1.73.